The van der Waals surface area contributed by atoms with E-state index < -0.39 is 0 Å². The van der Waals surface area contributed by atoms with Crippen LogP contribution in [0.5, 0.6) is 0 Å². The number of aromatic nitrogens is 1. The molecule has 0 bridgehead atoms. The fourth-order valence-corrected chi connectivity index (χ4v) is 3.01. The van der Waals surface area contributed by atoms with Crippen molar-refractivity contribution in [3.63, 3.8) is 0 Å². The van der Waals surface area contributed by atoms with Gasteiger partial charge in [0.05, 0.1) is 22.4 Å². The molecule has 2 rings (SSSR count). The summed E-state index contributed by atoms with van der Waals surface area (Å²) in [7, 11) is 1.71. The Bertz CT molecular complexity index is 524. The van der Waals surface area contributed by atoms with Gasteiger partial charge in [0, 0.05) is 11.6 Å². The highest BCUT2D eigenvalue weighted by atomic mass is 79.9. The number of methoxy groups -OCH3 is 1. The van der Waals surface area contributed by atoms with E-state index in [1.807, 2.05) is 12.1 Å². The van der Waals surface area contributed by atoms with E-state index in [9.17, 15) is 0 Å². The van der Waals surface area contributed by atoms with Crippen molar-refractivity contribution in [1.29, 1.82) is 0 Å². The molecule has 0 aliphatic heterocycles. The number of halogens is 1. The van der Waals surface area contributed by atoms with E-state index in [2.05, 4.69) is 46.1 Å². The predicted octanol–water partition coefficient (Wildman–Crippen LogP) is 3.90. The van der Waals surface area contributed by atoms with Crippen LogP contribution in [-0.4, -0.2) is 24.2 Å². The normalized spacial score (nSPS) is 12.0. The van der Waals surface area contributed by atoms with Crippen molar-refractivity contribution in [3.8, 4) is 0 Å². The Balaban J connectivity index is 2.25. The first-order valence-corrected chi connectivity index (χ1v) is 6.94. The number of nitrogens with one attached hydrogen (secondary N) is 1. The van der Waals surface area contributed by atoms with Crippen LogP contribution in [0.1, 0.15) is 13.8 Å². The summed E-state index contributed by atoms with van der Waals surface area (Å²) in [6, 6.07) is 6.14. The average Bonchev–Trinajstić information content (AvgIpc) is 2.57. The SMILES string of the molecule is COCC(C)(C)Nc1nc2cc(Br)ccc2s1. The van der Waals surface area contributed by atoms with Gasteiger partial charge in [0.2, 0.25) is 0 Å². The molecule has 3 nitrogen and oxygen atoms in total. The van der Waals surface area contributed by atoms with Crippen LogP contribution in [0.4, 0.5) is 5.13 Å². The molecule has 5 heteroatoms. The number of anilines is 1. The van der Waals surface area contributed by atoms with E-state index >= 15 is 0 Å². The minimum Gasteiger partial charge on any atom is -0.382 e. The number of ether oxygens (including phenoxy) is 1. The lowest BCUT2D eigenvalue weighted by Crippen LogP contribution is -2.35. The van der Waals surface area contributed by atoms with Crippen LogP contribution in [0.15, 0.2) is 22.7 Å². The van der Waals surface area contributed by atoms with Crippen molar-refractivity contribution in [2.24, 2.45) is 0 Å². The Labute approximate surface area is 113 Å². The molecule has 0 unspecified atom stereocenters. The van der Waals surface area contributed by atoms with E-state index in [0.717, 1.165) is 15.1 Å². The molecule has 0 amide bonds. The van der Waals surface area contributed by atoms with Crippen molar-refractivity contribution < 1.29 is 4.74 Å². The van der Waals surface area contributed by atoms with Crippen LogP contribution in [-0.2, 0) is 4.74 Å². The quantitative estimate of drug-likeness (QED) is 0.929. The second-order valence-electron chi connectivity index (χ2n) is 4.57. The highest BCUT2D eigenvalue weighted by Crippen LogP contribution is 2.29. The largest absolute Gasteiger partial charge is 0.382 e. The third-order valence-corrected chi connectivity index (χ3v) is 3.75. The molecular weight excluding hydrogens is 300 g/mol. The third kappa shape index (κ3) is 3.18. The Kier molecular flexibility index (Phi) is 3.70. The first-order chi connectivity index (χ1) is 8.00. The first kappa shape index (κ1) is 12.8. The van der Waals surface area contributed by atoms with Crippen molar-refractivity contribution >= 4 is 42.6 Å². The summed E-state index contributed by atoms with van der Waals surface area (Å²) in [4.78, 5) is 4.56. The fraction of sp³-hybridized carbons (Fsp3) is 0.417. The smallest absolute Gasteiger partial charge is 0.184 e. The van der Waals surface area contributed by atoms with Gasteiger partial charge in [0.1, 0.15) is 0 Å². The molecule has 0 saturated carbocycles. The maximum absolute atomic E-state index is 5.18. The molecule has 0 aliphatic rings. The van der Waals surface area contributed by atoms with E-state index in [0.29, 0.717) is 6.61 Å². The number of rotatable bonds is 4. The number of fused-ring (bicyclic) bond motifs is 1. The molecule has 0 spiro atoms. The Morgan fingerprint density at radius 1 is 1.47 bits per heavy atom. The van der Waals surface area contributed by atoms with E-state index in [-0.39, 0.29) is 5.54 Å². The van der Waals surface area contributed by atoms with Gasteiger partial charge in [-0.1, -0.05) is 27.3 Å². The number of benzene rings is 1. The van der Waals surface area contributed by atoms with Gasteiger partial charge in [-0.2, -0.15) is 0 Å². The zero-order valence-corrected chi connectivity index (χ0v) is 12.5. The van der Waals surface area contributed by atoms with Crippen molar-refractivity contribution in [2.45, 2.75) is 19.4 Å². The molecule has 2 aromatic rings. The van der Waals surface area contributed by atoms with Crippen molar-refractivity contribution in [1.82, 2.24) is 4.98 Å². The van der Waals surface area contributed by atoms with Gasteiger partial charge < -0.3 is 10.1 Å². The summed E-state index contributed by atoms with van der Waals surface area (Å²) < 4.78 is 7.42. The van der Waals surface area contributed by atoms with Crippen molar-refractivity contribution in [2.75, 3.05) is 19.0 Å². The summed E-state index contributed by atoms with van der Waals surface area (Å²) >= 11 is 5.11. The highest BCUT2D eigenvalue weighted by molar-refractivity contribution is 9.10. The molecule has 1 aromatic heterocycles. The second kappa shape index (κ2) is 4.92. The molecular formula is C12H15BrN2OS. The standard InChI is InChI=1S/C12H15BrN2OS/c1-12(2,7-16-3)15-11-14-9-6-8(13)4-5-10(9)17-11/h4-6H,7H2,1-3H3,(H,14,15). The topological polar surface area (TPSA) is 34.1 Å². The van der Waals surface area contributed by atoms with Gasteiger partial charge in [-0.05, 0) is 32.0 Å². The summed E-state index contributed by atoms with van der Waals surface area (Å²) in [5.41, 5.74) is 0.903. The van der Waals surface area contributed by atoms with E-state index in [1.165, 1.54) is 4.70 Å². The summed E-state index contributed by atoms with van der Waals surface area (Å²) in [5.74, 6) is 0. The molecule has 0 saturated heterocycles. The average molecular weight is 315 g/mol. The Morgan fingerprint density at radius 2 is 2.24 bits per heavy atom. The molecule has 1 heterocycles. The predicted molar refractivity (Wildman–Crippen MR) is 76.9 cm³/mol. The van der Waals surface area contributed by atoms with Crippen LogP contribution >= 0.6 is 27.3 Å². The molecule has 92 valence electrons. The second-order valence-corrected chi connectivity index (χ2v) is 6.52. The lowest BCUT2D eigenvalue weighted by Gasteiger charge is -2.24. The lowest BCUT2D eigenvalue weighted by molar-refractivity contribution is 0.158. The van der Waals surface area contributed by atoms with Gasteiger partial charge >= 0.3 is 0 Å². The maximum atomic E-state index is 5.18. The molecule has 0 atom stereocenters. The van der Waals surface area contributed by atoms with Crippen LogP contribution in [0.2, 0.25) is 0 Å². The van der Waals surface area contributed by atoms with Crippen LogP contribution in [0, 0.1) is 0 Å². The number of nitrogens with zero attached hydrogens (tertiary/aromatic N) is 1. The summed E-state index contributed by atoms with van der Waals surface area (Å²) in [6.45, 7) is 4.84. The molecule has 17 heavy (non-hydrogen) atoms. The number of hydrogen-bond acceptors (Lipinski definition) is 4. The first-order valence-electron chi connectivity index (χ1n) is 5.33. The van der Waals surface area contributed by atoms with Gasteiger partial charge in [0.15, 0.2) is 5.13 Å². The third-order valence-electron chi connectivity index (χ3n) is 2.30. The molecule has 0 radical (unpaired) electrons. The number of thiazole rings is 1. The fourth-order valence-electron chi connectivity index (χ4n) is 1.64. The zero-order valence-electron chi connectivity index (χ0n) is 10.1. The van der Waals surface area contributed by atoms with Gasteiger partial charge in [0.25, 0.3) is 0 Å². The maximum Gasteiger partial charge on any atom is 0.184 e. The van der Waals surface area contributed by atoms with E-state index in [1.54, 1.807) is 18.4 Å². The van der Waals surface area contributed by atoms with Gasteiger partial charge in [-0.15, -0.1) is 0 Å². The molecule has 0 aliphatic carbocycles. The highest BCUT2D eigenvalue weighted by Gasteiger charge is 2.18. The van der Waals surface area contributed by atoms with Gasteiger partial charge in [-0.25, -0.2) is 4.98 Å². The van der Waals surface area contributed by atoms with Gasteiger partial charge in [-0.3, -0.25) is 0 Å². The monoisotopic (exact) mass is 314 g/mol. The Morgan fingerprint density at radius 3 is 2.94 bits per heavy atom. The lowest BCUT2D eigenvalue weighted by atomic mass is 10.1. The Hall–Kier alpha value is -0.650. The van der Waals surface area contributed by atoms with Crippen LogP contribution < -0.4 is 5.32 Å². The zero-order chi connectivity index (χ0) is 12.5. The summed E-state index contributed by atoms with van der Waals surface area (Å²) in [5, 5.41) is 4.33. The molecule has 0 fully saturated rings. The minimum atomic E-state index is -0.111. The van der Waals surface area contributed by atoms with Crippen LogP contribution in [0.3, 0.4) is 0 Å². The minimum absolute atomic E-state index is 0.111. The van der Waals surface area contributed by atoms with Crippen LogP contribution in [0.25, 0.3) is 10.2 Å². The molecule has 1 aromatic carbocycles. The molecule has 1 N–H and O–H groups in total. The number of hydrogen-bond donors (Lipinski definition) is 1. The van der Waals surface area contributed by atoms with E-state index in [4.69, 9.17) is 4.74 Å². The summed E-state index contributed by atoms with van der Waals surface area (Å²) in [6.07, 6.45) is 0. The van der Waals surface area contributed by atoms with Crippen molar-refractivity contribution in [3.05, 3.63) is 22.7 Å².